The van der Waals surface area contributed by atoms with Crippen molar-refractivity contribution < 1.29 is 23.6 Å². The first kappa shape index (κ1) is 13.0. The molecule has 17 heavy (non-hydrogen) atoms. The number of nitrogens with zero attached hydrogens (tertiary/aromatic N) is 1. The van der Waals surface area contributed by atoms with Crippen LogP contribution in [0.3, 0.4) is 0 Å². The Balaban J connectivity index is 2.78. The molecule has 0 amide bonds. The number of ether oxygens (including phenoxy) is 2. The van der Waals surface area contributed by atoms with E-state index in [4.69, 9.17) is 4.74 Å². The highest BCUT2D eigenvalue weighted by Gasteiger charge is 2.16. The fourth-order valence-electron chi connectivity index (χ4n) is 1.12. The summed E-state index contributed by atoms with van der Waals surface area (Å²) in [5, 5.41) is 10.6. The van der Waals surface area contributed by atoms with Crippen molar-refractivity contribution in [1.82, 2.24) is 0 Å². The molecule has 0 saturated carbocycles. The number of benzene rings is 1. The van der Waals surface area contributed by atoms with Gasteiger partial charge >= 0.3 is 5.69 Å². The van der Waals surface area contributed by atoms with Crippen LogP contribution in [0.4, 0.5) is 10.1 Å². The predicted octanol–water partition coefficient (Wildman–Crippen LogP) is 1.33. The predicted molar refractivity (Wildman–Crippen MR) is 55.4 cm³/mol. The van der Waals surface area contributed by atoms with Gasteiger partial charge in [0.25, 0.3) is 0 Å². The Morgan fingerprint density at radius 3 is 2.76 bits per heavy atom. The lowest BCUT2D eigenvalue weighted by Crippen LogP contribution is -2.16. The molecule has 92 valence electrons. The van der Waals surface area contributed by atoms with Crippen LogP contribution in [0.25, 0.3) is 0 Å². The highest BCUT2D eigenvalue weighted by molar-refractivity contribution is 5.81. The highest BCUT2D eigenvalue weighted by atomic mass is 19.1. The number of carbonyl (C=O) groups excluding carboxylic acids is 1. The fourth-order valence-corrected chi connectivity index (χ4v) is 1.12. The van der Waals surface area contributed by atoms with E-state index in [1.807, 2.05) is 0 Å². The second kappa shape index (κ2) is 5.90. The van der Waals surface area contributed by atoms with E-state index in [1.54, 1.807) is 0 Å². The van der Waals surface area contributed by atoms with E-state index >= 15 is 0 Å². The first-order chi connectivity index (χ1) is 8.04. The van der Waals surface area contributed by atoms with Gasteiger partial charge in [-0.25, -0.2) is 4.39 Å². The molecule has 0 spiro atoms. The highest BCUT2D eigenvalue weighted by Crippen LogP contribution is 2.27. The molecule has 0 radical (unpaired) electrons. The van der Waals surface area contributed by atoms with Gasteiger partial charge in [-0.15, -0.1) is 0 Å². The van der Waals surface area contributed by atoms with Crippen LogP contribution in [-0.2, 0) is 9.53 Å². The Morgan fingerprint density at radius 1 is 1.47 bits per heavy atom. The van der Waals surface area contributed by atoms with Crippen LogP contribution in [0.1, 0.15) is 0 Å². The normalized spacial score (nSPS) is 10.0. The smallest absolute Gasteiger partial charge is 0.311 e. The van der Waals surface area contributed by atoms with Gasteiger partial charge in [0.05, 0.1) is 4.92 Å². The minimum atomic E-state index is -0.713. The third kappa shape index (κ3) is 3.80. The topological polar surface area (TPSA) is 78.7 Å². The Kier molecular flexibility index (Phi) is 4.53. The number of nitro groups is 1. The monoisotopic (exact) mass is 243 g/mol. The van der Waals surface area contributed by atoms with Crippen LogP contribution < -0.4 is 4.74 Å². The van der Waals surface area contributed by atoms with Crippen molar-refractivity contribution in [3.63, 3.8) is 0 Å². The number of ketones is 1. The molecule has 7 heteroatoms. The molecule has 0 N–H and O–H groups in total. The van der Waals surface area contributed by atoms with Gasteiger partial charge in [-0.2, -0.15) is 0 Å². The molecule has 0 aliphatic carbocycles. The second-order valence-corrected chi connectivity index (χ2v) is 3.13. The molecule has 6 nitrogen and oxygen atoms in total. The number of hydrogen-bond acceptors (Lipinski definition) is 5. The van der Waals surface area contributed by atoms with Crippen molar-refractivity contribution in [3.8, 4) is 5.75 Å². The average molecular weight is 243 g/mol. The number of halogens is 1. The van der Waals surface area contributed by atoms with Gasteiger partial charge in [0.1, 0.15) is 19.0 Å². The SMILES string of the molecule is COCC(=O)COc1cc(F)ccc1[N+](=O)[O-]. The summed E-state index contributed by atoms with van der Waals surface area (Å²) < 4.78 is 22.3. The van der Waals surface area contributed by atoms with E-state index in [0.29, 0.717) is 0 Å². The zero-order valence-corrected chi connectivity index (χ0v) is 9.01. The third-order valence-corrected chi connectivity index (χ3v) is 1.81. The molecule has 0 aromatic heterocycles. The Hall–Kier alpha value is -2.02. The zero-order valence-electron chi connectivity index (χ0n) is 9.01. The maximum Gasteiger partial charge on any atom is 0.311 e. The van der Waals surface area contributed by atoms with Crippen molar-refractivity contribution in [1.29, 1.82) is 0 Å². The summed E-state index contributed by atoms with van der Waals surface area (Å²) in [6.07, 6.45) is 0. The van der Waals surface area contributed by atoms with E-state index in [9.17, 15) is 19.3 Å². The first-order valence-corrected chi connectivity index (χ1v) is 4.62. The number of nitro benzene ring substituents is 1. The van der Waals surface area contributed by atoms with E-state index in [-0.39, 0.29) is 12.4 Å². The quantitative estimate of drug-likeness (QED) is 0.556. The molecule has 0 unspecified atom stereocenters. The molecule has 0 fully saturated rings. The van der Waals surface area contributed by atoms with Crippen LogP contribution in [0.5, 0.6) is 5.75 Å². The molecule has 0 aliphatic heterocycles. The number of methoxy groups -OCH3 is 1. The summed E-state index contributed by atoms with van der Waals surface area (Å²) >= 11 is 0. The minimum Gasteiger partial charge on any atom is -0.479 e. The van der Waals surface area contributed by atoms with Crippen molar-refractivity contribution >= 4 is 11.5 Å². The van der Waals surface area contributed by atoms with Gasteiger partial charge in [0.2, 0.25) is 0 Å². The molecule has 1 rings (SSSR count). The van der Waals surface area contributed by atoms with Crippen LogP contribution in [0.2, 0.25) is 0 Å². The molecule has 0 bridgehead atoms. The van der Waals surface area contributed by atoms with Crippen molar-refractivity contribution in [2.24, 2.45) is 0 Å². The van der Waals surface area contributed by atoms with Crippen LogP contribution in [-0.4, -0.2) is 31.0 Å². The molecule has 0 saturated heterocycles. The number of hydrogen-bond donors (Lipinski definition) is 0. The van der Waals surface area contributed by atoms with Gasteiger partial charge in [0, 0.05) is 19.2 Å². The Labute approximate surface area is 96.1 Å². The summed E-state index contributed by atoms with van der Waals surface area (Å²) in [6, 6.07) is 2.78. The molecule has 0 aliphatic rings. The van der Waals surface area contributed by atoms with Crippen LogP contribution in [0.15, 0.2) is 18.2 Å². The molecular formula is C10H10FNO5. The fraction of sp³-hybridized carbons (Fsp3) is 0.300. The molecular weight excluding hydrogens is 233 g/mol. The van der Waals surface area contributed by atoms with E-state index < -0.39 is 28.8 Å². The lowest BCUT2D eigenvalue weighted by Gasteiger charge is -2.05. The minimum absolute atomic E-state index is 0.164. The van der Waals surface area contributed by atoms with Gasteiger partial charge < -0.3 is 9.47 Å². The van der Waals surface area contributed by atoms with Crippen LogP contribution in [0, 0.1) is 15.9 Å². The average Bonchev–Trinajstić information content (AvgIpc) is 2.26. The number of rotatable bonds is 6. The molecule has 0 heterocycles. The maximum atomic E-state index is 12.9. The summed E-state index contributed by atoms with van der Waals surface area (Å²) in [5.74, 6) is -1.35. The van der Waals surface area contributed by atoms with Crippen molar-refractivity contribution in [3.05, 3.63) is 34.1 Å². The Bertz CT molecular complexity index is 435. The van der Waals surface area contributed by atoms with Crippen molar-refractivity contribution in [2.45, 2.75) is 0 Å². The summed E-state index contributed by atoms with van der Waals surface area (Å²) in [5.41, 5.74) is -0.392. The van der Waals surface area contributed by atoms with Crippen LogP contribution >= 0.6 is 0 Å². The van der Waals surface area contributed by atoms with Gasteiger partial charge in [0.15, 0.2) is 11.5 Å². The van der Waals surface area contributed by atoms with E-state index in [1.165, 1.54) is 7.11 Å². The first-order valence-electron chi connectivity index (χ1n) is 4.62. The summed E-state index contributed by atoms with van der Waals surface area (Å²) in [7, 11) is 1.34. The van der Waals surface area contributed by atoms with Gasteiger partial charge in [-0.3, -0.25) is 14.9 Å². The molecule has 1 aromatic carbocycles. The summed E-state index contributed by atoms with van der Waals surface area (Å²) in [6.45, 7) is -0.568. The van der Waals surface area contributed by atoms with Gasteiger partial charge in [-0.1, -0.05) is 0 Å². The number of carbonyl (C=O) groups is 1. The zero-order chi connectivity index (χ0) is 12.8. The Morgan fingerprint density at radius 2 is 2.18 bits per heavy atom. The maximum absolute atomic E-state index is 12.9. The second-order valence-electron chi connectivity index (χ2n) is 3.13. The molecule has 1 aromatic rings. The van der Waals surface area contributed by atoms with Gasteiger partial charge in [-0.05, 0) is 6.07 Å². The molecule has 0 atom stereocenters. The van der Waals surface area contributed by atoms with E-state index in [0.717, 1.165) is 18.2 Å². The largest absolute Gasteiger partial charge is 0.479 e. The standard InChI is InChI=1S/C10H10FNO5/c1-16-5-8(13)6-17-10-4-7(11)2-3-9(10)12(14)15/h2-4H,5-6H2,1H3. The number of Topliss-reactive ketones (excluding diaryl/α,β-unsaturated/α-hetero) is 1. The lowest BCUT2D eigenvalue weighted by molar-refractivity contribution is -0.385. The third-order valence-electron chi connectivity index (χ3n) is 1.81. The summed E-state index contributed by atoms with van der Waals surface area (Å²) in [4.78, 5) is 21.0. The van der Waals surface area contributed by atoms with E-state index in [2.05, 4.69) is 4.74 Å². The lowest BCUT2D eigenvalue weighted by atomic mass is 10.3. The van der Waals surface area contributed by atoms with Crippen molar-refractivity contribution in [2.75, 3.05) is 20.3 Å².